The van der Waals surface area contributed by atoms with E-state index >= 15 is 0 Å². The van der Waals surface area contributed by atoms with Gasteiger partial charge in [0.2, 0.25) is 5.91 Å². The number of thiophene rings is 1. The summed E-state index contributed by atoms with van der Waals surface area (Å²) in [6.07, 6.45) is -4.66. The maximum Gasteiger partial charge on any atom is 0.389 e. The second-order valence-electron chi connectivity index (χ2n) is 4.89. The molecule has 1 aromatic rings. The number of hydrogen-bond acceptors (Lipinski definition) is 3. The van der Waals surface area contributed by atoms with Crippen LogP contribution in [-0.2, 0) is 4.79 Å². The highest BCUT2D eigenvalue weighted by Crippen LogP contribution is 2.29. The standard InChI is InChI=1S/C13H17F3N2OS/c1-9-4-5-10(20-9)12-17-8-11(19)18(12)7-3-2-6-13(14,15)16/h4-5,12,17H,2-3,6-8H2,1H3. The van der Waals surface area contributed by atoms with E-state index < -0.39 is 12.6 Å². The highest BCUT2D eigenvalue weighted by atomic mass is 32.1. The van der Waals surface area contributed by atoms with Crippen LogP contribution in [0.25, 0.3) is 0 Å². The minimum atomic E-state index is -4.11. The van der Waals surface area contributed by atoms with Crippen molar-refractivity contribution in [2.75, 3.05) is 13.1 Å². The zero-order valence-corrected chi connectivity index (χ0v) is 12.0. The van der Waals surface area contributed by atoms with Crippen molar-refractivity contribution in [3.05, 3.63) is 21.9 Å². The predicted molar refractivity (Wildman–Crippen MR) is 71.4 cm³/mol. The summed E-state index contributed by atoms with van der Waals surface area (Å²) in [6.45, 7) is 2.60. The van der Waals surface area contributed by atoms with Crippen molar-refractivity contribution < 1.29 is 18.0 Å². The molecule has 0 aromatic carbocycles. The molecule has 0 aliphatic carbocycles. The fourth-order valence-electron chi connectivity index (χ4n) is 2.26. The Balaban J connectivity index is 1.89. The van der Waals surface area contributed by atoms with Crippen LogP contribution < -0.4 is 5.32 Å². The Hall–Kier alpha value is -1.08. The van der Waals surface area contributed by atoms with Crippen LogP contribution in [0.5, 0.6) is 0 Å². The number of amides is 1. The molecule has 1 aromatic heterocycles. The number of nitrogens with zero attached hydrogens (tertiary/aromatic N) is 1. The first-order valence-electron chi connectivity index (χ1n) is 6.53. The van der Waals surface area contributed by atoms with E-state index in [0.29, 0.717) is 13.0 Å². The lowest BCUT2D eigenvalue weighted by Gasteiger charge is -2.23. The summed E-state index contributed by atoms with van der Waals surface area (Å²) >= 11 is 1.60. The molecule has 0 bridgehead atoms. The summed E-state index contributed by atoms with van der Waals surface area (Å²) in [6, 6.07) is 3.94. The van der Waals surface area contributed by atoms with E-state index in [1.165, 1.54) is 0 Å². The van der Waals surface area contributed by atoms with E-state index in [9.17, 15) is 18.0 Å². The third-order valence-electron chi connectivity index (χ3n) is 3.22. The molecular formula is C13H17F3N2OS. The van der Waals surface area contributed by atoms with Gasteiger partial charge in [0, 0.05) is 22.7 Å². The number of nitrogens with one attached hydrogen (secondary N) is 1. The predicted octanol–water partition coefficient (Wildman–Crippen LogP) is 3.22. The van der Waals surface area contributed by atoms with E-state index in [0.717, 1.165) is 9.75 Å². The van der Waals surface area contributed by atoms with Crippen molar-refractivity contribution in [2.45, 2.75) is 38.5 Å². The number of carbonyl (C=O) groups excluding carboxylic acids is 1. The number of unbranched alkanes of at least 4 members (excludes halogenated alkanes) is 1. The third-order valence-corrected chi connectivity index (χ3v) is 4.27. The summed E-state index contributed by atoms with van der Waals surface area (Å²) in [4.78, 5) is 15.6. The van der Waals surface area contributed by atoms with Crippen LogP contribution >= 0.6 is 11.3 Å². The Labute approximate surface area is 119 Å². The maximum absolute atomic E-state index is 12.1. The molecule has 3 nitrogen and oxygen atoms in total. The summed E-state index contributed by atoms with van der Waals surface area (Å²) in [5.74, 6) is -0.0481. The molecule has 112 valence electrons. The van der Waals surface area contributed by atoms with Gasteiger partial charge in [-0.3, -0.25) is 10.1 Å². The average molecular weight is 306 g/mol. The first kappa shape index (κ1) is 15.3. The Kier molecular flexibility index (Phi) is 4.70. The molecule has 20 heavy (non-hydrogen) atoms. The van der Waals surface area contributed by atoms with Crippen molar-refractivity contribution in [3.8, 4) is 0 Å². The minimum absolute atomic E-state index is 0.0481. The van der Waals surface area contributed by atoms with E-state index in [4.69, 9.17) is 0 Å². The van der Waals surface area contributed by atoms with Crippen molar-refractivity contribution in [3.63, 3.8) is 0 Å². The van der Waals surface area contributed by atoms with Gasteiger partial charge in [-0.25, -0.2) is 0 Å². The zero-order valence-electron chi connectivity index (χ0n) is 11.2. The zero-order chi connectivity index (χ0) is 14.8. The molecule has 1 aliphatic rings. The van der Waals surface area contributed by atoms with Gasteiger partial charge in [0.05, 0.1) is 6.54 Å². The lowest BCUT2D eigenvalue weighted by atomic mass is 10.2. The smallest absolute Gasteiger partial charge is 0.321 e. The van der Waals surface area contributed by atoms with Gasteiger partial charge in [0.15, 0.2) is 0 Å². The van der Waals surface area contributed by atoms with Crippen molar-refractivity contribution in [1.29, 1.82) is 0 Å². The number of carbonyl (C=O) groups is 1. The molecule has 1 N–H and O–H groups in total. The van der Waals surface area contributed by atoms with Gasteiger partial charge in [0.25, 0.3) is 0 Å². The van der Waals surface area contributed by atoms with E-state index in [-0.39, 0.29) is 25.0 Å². The lowest BCUT2D eigenvalue weighted by molar-refractivity contribution is -0.136. The molecule has 1 unspecified atom stereocenters. The topological polar surface area (TPSA) is 32.3 Å². The first-order chi connectivity index (χ1) is 9.37. The molecular weight excluding hydrogens is 289 g/mol. The van der Waals surface area contributed by atoms with Crippen LogP contribution in [0.3, 0.4) is 0 Å². The van der Waals surface area contributed by atoms with Crippen LogP contribution in [0.1, 0.15) is 35.2 Å². The molecule has 2 heterocycles. The van der Waals surface area contributed by atoms with Crippen LogP contribution in [0.2, 0.25) is 0 Å². The highest BCUT2D eigenvalue weighted by Gasteiger charge is 2.32. The molecule has 0 radical (unpaired) electrons. The van der Waals surface area contributed by atoms with E-state index in [2.05, 4.69) is 5.32 Å². The number of rotatable bonds is 5. The van der Waals surface area contributed by atoms with Crippen molar-refractivity contribution in [1.82, 2.24) is 10.2 Å². The highest BCUT2D eigenvalue weighted by molar-refractivity contribution is 7.12. The summed E-state index contributed by atoms with van der Waals surface area (Å²) in [5.41, 5.74) is 0. The van der Waals surface area contributed by atoms with Gasteiger partial charge >= 0.3 is 6.18 Å². The molecule has 7 heteroatoms. The SMILES string of the molecule is Cc1ccc(C2NCC(=O)N2CCCCC(F)(F)F)s1. The average Bonchev–Trinajstić information content (AvgIpc) is 2.90. The number of aryl methyl sites for hydroxylation is 1. The Morgan fingerprint density at radius 1 is 1.40 bits per heavy atom. The summed E-state index contributed by atoms with van der Waals surface area (Å²) < 4.78 is 36.3. The van der Waals surface area contributed by atoms with E-state index in [1.54, 1.807) is 16.2 Å². The molecule has 1 atom stereocenters. The quantitative estimate of drug-likeness (QED) is 0.847. The number of alkyl halides is 3. The van der Waals surface area contributed by atoms with Crippen LogP contribution in [0, 0.1) is 6.92 Å². The second-order valence-corrected chi connectivity index (χ2v) is 6.21. The van der Waals surface area contributed by atoms with Crippen molar-refractivity contribution >= 4 is 17.2 Å². The van der Waals surface area contributed by atoms with Crippen LogP contribution in [-0.4, -0.2) is 30.1 Å². The maximum atomic E-state index is 12.1. The normalized spacial score (nSPS) is 19.9. The summed E-state index contributed by atoms with van der Waals surface area (Å²) in [7, 11) is 0. The molecule has 1 saturated heterocycles. The summed E-state index contributed by atoms with van der Waals surface area (Å²) in [5, 5.41) is 3.11. The van der Waals surface area contributed by atoms with Gasteiger partial charge in [-0.15, -0.1) is 11.3 Å². The lowest BCUT2D eigenvalue weighted by Crippen LogP contribution is -2.30. The molecule has 1 amide bonds. The van der Waals surface area contributed by atoms with Crippen molar-refractivity contribution in [2.24, 2.45) is 0 Å². The Morgan fingerprint density at radius 3 is 2.75 bits per heavy atom. The van der Waals surface area contributed by atoms with Gasteiger partial charge in [-0.05, 0) is 31.9 Å². The van der Waals surface area contributed by atoms with Gasteiger partial charge < -0.3 is 4.90 Å². The first-order valence-corrected chi connectivity index (χ1v) is 7.34. The van der Waals surface area contributed by atoms with Gasteiger partial charge in [-0.2, -0.15) is 13.2 Å². The van der Waals surface area contributed by atoms with Crippen LogP contribution in [0.4, 0.5) is 13.2 Å². The molecule has 2 rings (SSSR count). The number of hydrogen-bond donors (Lipinski definition) is 1. The van der Waals surface area contributed by atoms with E-state index in [1.807, 2.05) is 19.1 Å². The molecule has 1 aliphatic heterocycles. The fraction of sp³-hybridized carbons (Fsp3) is 0.615. The minimum Gasteiger partial charge on any atom is -0.321 e. The van der Waals surface area contributed by atoms with Gasteiger partial charge in [0.1, 0.15) is 6.17 Å². The van der Waals surface area contributed by atoms with Gasteiger partial charge in [-0.1, -0.05) is 0 Å². The molecule has 1 fully saturated rings. The fourth-order valence-corrected chi connectivity index (χ4v) is 3.22. The largest absolute Gasteiger partial charge is 0.389 e. The third kappa shape index (κ3) is 3.96. The Morgan fingerprint density at radius 2 is 2.15 bits per heavy atom. The Bertz CT molecular complexity index is 472. The molecule has 0 spiro atoms. The van der Waals surface area contributed by atoms with Crippen LogP contribution in [0.15, 0.2) is 12.1 Å². The number of halogens is 3. The second kappa shape index (κ2) is 6.13. The molecule has 0 saturated carbocycles. The monoisotopic (exact) mass is 306 g/mol.